The molecule has 0 atom stereocenters. The van der Waals surface area contributed by atoms with Gasteiger partial charge in [0.25, 0.3) is 0 Å². The van der Waals surface area contributed by atoms with Gasteiger partial charge in [0.1, 0.15) is 18.6 Å². The van der Waals surface area contributed by atoms with E-state index >= 15 is 0 Å². The standard InChI is InChI=1S/C28H31F3N4O2.C2H7N.CH5N/c1-32-20-9-11-21(12-10-20)34-24-6-3-7-26-23(24)16-22(35(26)18-28(29,30)31)5-4-14-33-25-13-8-19(17-36)15-27(25)37-2;1-3-2;1-2/h3,6-8,13,15-17,20-21,32-34H,9-12,14,18H2,1-2H3;3H,1-2H3;2H2,1H3. The van der Waals surface area contributed by atoms with Gasteiger partial charge in [-0.1, -0.05) is 12.0 Å². The molecule has 2 aromatic carbocycles. The predicted molar refractivity (Wildman–Crippen MR) is 166 cm³/mol. The number of hydrogen-bond donors (Lipinski definition) is 5. The number of nitrogens with zero attached hydrogens (tertiary/aromatic N) is 1. The number of carbonyl (C=O) groups is 1. The summed E-state index contributed by atoms with van der Waals surface area (Å²) in [5.74, 6) is 6.33. The van der Waals surface area contributed by atoms with E-state index in [4.69, 9.17) is 4.74 Å². The summed E-state index contributed by atoms with van der Waals surface area (Å²) in [5.41, 5.74) is 7.23. The number of ether oxygens (including phenoxy) is 1. The summed E-state index contributed by atoms with van der Waals surface area (Å²) in [7, 11) is 8.72. The molecule has 11 heteroatoms. The number of halogens is 3. The highest BCUT2D eigenvalue weighted by Gasteiger charge is 2.30. The maximum atomic E-state index is 13.5. The SMILES string of the molecule is CN.CNC.CNC1CCC(Nc2cccc3c2cc(C#CCNc2ccc(C=O)cc2OC)n3CC(F)(F)F)CC1. The van der Waals surface area contributed by atoms with Crippen LogP contribution in [-0.4, -0.2) is 71.0 Å². The van der Waals surface area contributed by atoms with Gasteiger partial charge >= 0.3 is 6.18 Å². The summed E-state index contributed by atoms with van der Waals surface area (Å²) in [6.45, 7) is -0.935. The van der Waals surface area contributed by atoms with Gasteiger partial charge in [-0.2, -0.15) is 13.2 Å². The maximum Gasteiger partial charge on any atom is 0.406 e. The third-order valence-electron chi connectivity index (χ3n) is 6.72. The van der Waals surface area contributed by atoms with Crippen molar-refractivity contribution in [3.05, 3.63) is 53.7 Å². The van der Waals surface area contributed by atoms with Crippen LogP contribution in [0.2, 0.25) is 0 Å². The van der Waals surface area contributed by atoms with Gasteiger partial charge < -0.3 is 36.3 Å². The van der Waals surface area contributed by atoms with Crippen LogP contribution in [-0.2, 0) is 6.54 Å². The van der Waals surface area contributed by atoms with Crippen LogP contribution in [0.4, 0.5) is 24.5 Å². The van der Waals surface area contributed by atoms with Crippen LogP contribution in [0.3, 0.4) is 0 Å². The van der Waals surface area contributed by atoms with E-state index in [1.54, 1.807) is 36.4 Å². The molecule has 0 amide bonds. The second kappa shape index (κ2) is 17.3. The van der Waals surface area contributed by atoms with Crippen molar-refractivity contribution < 1.29 is 22.7 Å². The van der Waals surface area contributed by atoms with Gasteiger partial charge in [0.15, 0.2) is 0 Å². The van der Waals surface area contributed by atoms with Crippen LogP contribution < -0.4 is 31.7 Å². The number of rotatable bonds is 8. The Bertz CT molecular complexity index is 1320. The minimum atomic E-state index is -4.39. The fourth-order valence-electron chi connectivity index (χ4n) is 4.81. The highest BCUT2D eigenvalue weighted by atomic mass is 19.4. The second-order valence-corrected chi connectivity index (χ2v) is 9.68. The Morgan fingerprint density at radius 3 is 2.29 bits per heavy atom. The van der Waals surface area contributed by atoms with Crippen molar-refractivity contribution in [1.29, 1.82) is 0 Å². The number of aldehydes is 1. The van der Waals surface area contributed by atoms with Gasteiger partial charge in [0, 0.05) is 28.7 Å². The lowest BCUT2D eigenvalue weighted by Crippen LogP contribution is -2.34. The fraction of sp³-hybridized carbons (Fsp3) is 0.452. The zero-order valence-corrected chi connectivity index (χ0v) is 25.0. The van der Waals surface area contributed by atoms with Gasteiger partial charge in [0.05, 0.1) is 30.6 Å². The third-order valence-corrected chi connectivity index (χ3v) is 6.72. The first-order chi connectivity index (χ1) is 20.2. The van der Waals surface area contributed by atoms with Crippen molar-refractivity contribution >= 4 is 28.6 Å². The van der Waals surface area contributed by atoms with Gasteiger partial charge in [0.2, 0.25) is 0 Å². The zero-order valence-electron chi connectivity index (χ0n) is 25.0. The summed E-state index contributed by atoms with van der Waals surface area (Å²) in [4.78, 5) is 11.0. The first-order valence-corrected chi connectivity index (χ1v) is 13.9. The van der Waals surface area contributed by atoms with E-state index in [1.807, 2.05) is 27.2 Å². The van der Waals surface area contributed by atoms with Gasteiger partial charge in [-0.3, -0.25) is 4.79 Å². The molecule has 1 fully saturated rings. The van der Waals surface area contributed by atoms with Crippen molar-refractivity contribution in [1.82, 2.24) is 15.2 Å². The first-order valence-electron chi connectivity index (χ1n) is 13.9. The average molecular weight is 589 g/mol. The zero-order chi connectivity index (χ0) is 31.1. The molecule has 1 aliphatic rings. The summed E-state index contributed by atoms with van der Waals surface area (Å²) in [5, 5.41) is 13.5. The average Bonchev–Trinajstić information content (AvgIpc) is 3.33. The number of anilines is 2. The summed E-state index contributed by atoms with van der Waals surface area (Å²) in [6, 6.07) is 12.9. The van der Waals surface area contributed by atoms with Crippen molar-refractivity contribution in [2.75, 3.05) is 52.5 Å². The predicted octanol–water partition coefficient (Wildman–Crippen LogP) is 4.84. The van der Waals surface area contributed by atoms with E-state index in [0.717, 1.165) is 43.0 Å². The topological polar surface area (TPSA) is 105 Å². The molecule has 6 N–H and O–H groups in total. The van der Waals surface area contributed by atoms with Crippen LogP contribution in [0, 0.1) is 11.8 Å². The monoisotopic (exact) mass is 588 g/mol. The van der Waals surface area contributed by atoms with E-state index in [1.165, 1.54) is 18.7 Å². The van der Waals surface area contributed by atoms with Gasteiger partial charge in [-0.25, -0.2) is 0 Å². The summed E-state index contributed by atoms with van der Waals surface area (Å²) >= 11 is 0. The number of alkyl halides is 3. The Balaban J connectivity index is 0.00000116. The molecular formula is C31H43F3N6O2. The van der Waals surface area contributed by atoms with Crippen molar-refractivity contribution in [2.24, 2.45) is 5.73 Å². The molecular weight excluding hydrogens is 545 g/mol. The van der Waals surface area contributed by atoms with E-state index in [-0.39, 0.29) is 12.6 Å². The Hall–Kier alpha value is -3.72. The lowest BCUT2D eigenvalue weighted by Gasteiger charge is -2.29. The number of hydrogen-bond acceptors (Lipinski definition) is 7. The number of benzene rings is 2. The number of methoxy groups -OCH3 is 1. The molecule has 1 aromatic heterocycles. The lowest BCUT2D eigenvalue weighted by molar-refractivity contribution is -0.140. The minimum absolute atomic E-state index is 0.185. The minimum Gasteiger partial charge on any atom is -0.495 e. The molecule has 42 heavy (non-hydrogen) atoms. The summed E-state index contributed by atoms with van der Waals surface area (Å²) in [6.07, 6.45) is 0.462. The maximum absolute atomic E-state index is 13.5. The molecule has 8 nitrogen and oxygen atoms in total. The van der Waals surface area contributed by atoms with Crippen molar-refractivity contribution in [3.8, 4) is 17.6 Å². The lowest BCUT2D eigenvalue weighted by atomic mass is 9.91. The molecule has 0 bridgehead atoms. The largest absolute Gasteiger partial charge is 0.495 e. The Labute approximate surface area is 246 Å². The molecule has 0 unspecified atom stereocenters. The first kappa shape index (κ1) is 34.5. The highest BCUT2D eigenvalue weighted by Crippen LogP contribution is 2.32. The van der Waals surface area contributed by atoms with E-state index in [0.29, 0.717) is 34.3 Å². The van der Waals surface area contributed by atoms with Crippen LogP contribution in [0.15, 0.2) is 42.5 Å². The van der Waals surface area contributed by atoms with Crippen molar-refractivity contribution in [2.45, 2.75) is 50.5 Å². The van der Waals surface area contributed by atoms with E-state index < -0.39 is 12.7 Å². The van der Waals surface area contributed by atoms with Crippen LogP contribution >= 0.6 is 0 Å². The molecule has 4 rings (SSSR count). The van der Waals surface area contributed by atoms with Crippen LogP contribution in [0.1, 0.15) is 41.7 Å². The van der Waals surface area contributed by atoms with Crippen molar-refractivity contribution in [3.63, 3.8) is 0 Å². The second-order valence-electron chi connectivity index (χ2n) is 9.68. The Morgan fingerprint density at radius 2 is 1.69 bits per heavy atom. The normalized spacial score (nSPS) is 16.1. The number of nitrogens with one attached hydrogen (secondary N) is 4. The molecule has 3 aromatic rings. The quantitative estimate of drug-likeness (QED) is 0.190. The number of aromatic nitrogens is 1. The van der Waals surface area contributed by atoms with Crippen LogP contribution in [0.25, 0.3) is 10.9 Å². The summed E-state index contributed by atoms with van der Waals surface area (Å²) < 4.78 is 47.0. The highest BCUT2D eigenvalue weighted by molar-refractivity contribution is 5.94. The third kappa shape index (κ3) is 9.98. The van der Waals surface area contributed by atoms with Gasteiger partial charge in [-0.05, 0) is 96.2 Å². The molecule has 230 valence electrons. The number of nitrogens with two attached hydrogens (primary N) is 1. The number of fused-ring (bicyclic) bond motifs is 1. The smallest absolute Gasteiger partial charge is 0.406 e. The van der Waals surface area contributed by atoms with Crippen LogP contribution in [0.5, 0.6) is 5.75 Å². The number of carbonyl (C=O) groups excluding carboxylic acids is 1. The fourth-order valence-corrected chi connectivity index (χ4v) is 4.81. The van der Waals surface area contributed by atoms with E-state index in [2.05, 4.69) is 38.8 Å². The molecule has 1 saturated carbocycles. The molecule has 0 saturated heterocycles. The van der Waals surface area contributed by atoms with Gasteiger partial charge in [-0.15, -0.1) is 0 Å². The molecule has 1 heterocycles. The molecule has 0 spiro atoms. The van der Waals surface area contributed by atoms with E-state index in [9.17, 15) is 18.0 Å². The Morgan fingerprint density at radius 1 is 1.02 bits per heavy atom. The Kier molecular flexibility index (Phi) is 14.2. The molecule has 0 aliphatic heterocycles. The molecule has 0 radical (unpaired) electrons. The molecule has 1 aliphatic carbocycles.